The maximum Gasteiger partial charge on any atom is 0.224 e. The molecule has 1 aromatic heterocycles. The highest BCUT2D eigenvalue weighted by molar-refractivity contribution is 8.00. The molecular weight excluding hydrogens is 374 g/mol. The lowest BCUT2D eigenvalue weighted by molar-refractivity contribution is -0.116. The van der Waals surface area contributed by atoms with Gasteiger partial charge in [-0.1, -0.05) is 37.9 Å². The zero-order valence-electron chi connectivity index (χ0n) is 16.4. The third kappa shape index (κ3) is 5.19. The van der Waals surface area contributed by atoms with Crippen LogP contribution in [0.3, 0.4) is 0 Å². The number of hydrogen-bond acceptors (Lipinski definition) is 6. The Hall–Kier alpha value is -2.22. The molecule has 1 N–H and O–H groups in total. The average Bonchev–Trinajstić information content (AvgIpc) is 3.17. The van der Waals surface area contributed by atoms with E-state index in [-0.39, 0.29) is 16.9 Å². The maximum absolute atomic E-state index is 12.8. The topological polar surface area (TPSA) is 89.8 Å². The molecule has 1 aromatic carbocycles. The van der Waals surface area contributed by atoms with Crippen molar-refractivity contribution in [2.24, 2.45) is 0 Å². The SMILES string of the molecule is CCCC(=O)Nc1ccc(C(=O)C(C)Sc2nnnn2C2CCCCC2)cc1. The molecule has 1 heterocycles. The minimum Gasteiger partial charge on any atom is -0.326 e. The highest BCUT2D eigenvalue weighted by atomic mass is 32.2. The van der Waals surface area contributed by atoms with E-state index >= 15 is 0 Å². The summed E-state index contributed by atoms with van der Waals surface area (Å²) in [6, 6.07) is 7.38. The fourth-order valence-corrected chi connectivity index (χ4v) is 4.37. The Balaban J connectivity index is 1.62. The number of thioether (sulfide) groups is 1. The second-order valence-electron chi connectivity index (χ2n) is 7.20. The van der Waals surface area contributed by atoms with Gasteiger partial charge in [0.25, 0.3) is 0 Å². The lowest BCUT2D eigenvalue weighted by Gasteiger charge is -2.22. The van der Waals surface area contributed by atoms with Crippen molar-refractivity contribution in [2.75, 3.05) is 5.32 Å². The Morgan fingerprint density at radius 2 is 1.93 bits per heavy atom. The van der Waals surface area contributed by atoms with Gasteiger partial charge < -0.3 is 5.32 Å². The van der Waals surface area contributed by atoms with Gasteiger partial charge in [-0.3, -0.25) is 9.59 Å². The van der Waals surface area contributed by atoms with Crippen molar-refractivity contribution < 1.29 is 9.59 Å². The molecule has 2 aromatic rings. The van der Waals surface area contributed by atoms with Crippen molar-refractivity contribution >= 4 is 29.1 Å². The van der Waals surface area contributed by atoms with Gasteiger partial charge in [-0.25, -0.2) is 4.68 Å². The second kappa shape index (κ2) is 9.82. The molecule has 1 fully saturated rings. The van der Waals surface area contributed by atoms with Gasteiger partial charge in [0.05, 0.1) is 11.3 Å². The predicted molar refractivity (Wildman–Crippen MR) is 110 cm³/mol. The van der Waals surface area contributed by atoms with Crippen LogP contribution in [0.1, 0.15) is 75.2 Å². The number of nitrogens with zero attached hydrogens (tertiary/aromatic N) is 4. The minimum atomic E-state index is -0.297. The molecule has 3 rings (SSSR count). The Morgan fingerprint density at radius 1 is 1.21 bits per heavy atom. The molecular formula is C20H27N5O2S. The van der Waals surface area contributed by atoms with Gasteiger partial charge in [0.2, 0.25) is 11.1 Å². The number of Topliss-reactive ketones (excluding diaryl/α,β-unsaturated/α-hetero) is 1. The van der Waals surface area contributed by atoms with Crippen molar-refractivity contribution in [2.45, 2.75) is 75.2 Å². The molecule has 1 amide bonds. The molecule has 1 aliphatic rings. The Morgan fingerprint density at radius 3 is 2.61 bits per heavy atom. The highest BCUT2D eigenvalue weighted by Gasteiger charge is 2.24. The van der Waals surface area contributed by atoms with E-state index in [0.717, 1.165) is 19.3 Å². The molecule has 1 saturated carbocycles. The number of carbonyl (C=O) groups excluding carboxylic acids is 2. The normalized spacial score (nSPS) is 15.9. The number of amides is 1. The van der Waals surface area contributed by atoms with Crippen LogP contribution in [0.25, 0.3) is 0 Å². The predicted octanol–water partition coefficient (Wildman–Crippen LogP) is 4.28. The third-order valence-electron chi connectivity index (χ3n) is 4.96. The molecule has 8 heteroatoms. The van der Waals surface area contributed by atoms with E-state index in [1.54, 1.807) is 24.3 Å². The van der Waals surface area contributed by atoms with Crippen LogP contribution in [0, 0.1) is 0 Å². The Bertz CT molecular complexity index is 799. The van der Waals surface area contributed by atoms with E-state index in [0.29, 0.717) is 28.9 Å². The molecule has 1 unspecified atom stereocenters. The maximum atomic E-state index is 12.8. The number of nitrogens with one attached hydrogen (secondary N) is 1. The first-order valence-electron chi connectivity index (χ1n) is 9.97. The summed E-state index contributed by atoms with van der Waals surface area (Å²) in [7, 11) is 0. The number of ketones is 1. The monoisotopic (exact) mass is 401 g/mol. The van der Waals surface area contributed by atoms with Gasteiger partial charge in [0, 0.05) is 17.7 Å². The van der Waals surface area contributed by atoms with Crippen LogP contribution < -0.4 is 5.32 Å². The largest absolute Gasteiger partial charge is 0.326 e. The number of tetrazole rings is 1. The Labute approximate surface area is 169 Å². The van der Waals surface area contributed by atoms with Crippen LogP contribution in [-0.2, 0) is 4.79 Å². The zero-order chi connectivity index (χ0) is 19.9. The van der Waals surface area contributed by atoms with E-state index in [1.807, 2.05) is 18.5 Å². The summed E-state index contributed by atoms with van der Waals surface area (Å²) in [5, 5.41) is 15.4. The summed E-state index contributed by atoms with van der Waals surface area (Å²) >= 11 is 1.40. The smallest absolute Gasteiger partial charge is 0.224 e. The molecule has 0 radical (unpaired) electrons. The van der Waals surface area contributed by atoms with Gasteiger partial charge in [-0.05, 0) is 60.9 Å². The van der Waals surface area contributed by atoms with Crippen molar-refractivity contribution in [3.8, 4) is 0 Å². The number of rotatable bonds is 8. The van der Waals surface area contributed by atoms with Crippen LogP contribution in [0.4, 0.5) is 5.69 Å². The quantitative estimate of drug-likeness (QED) is 0.524. The fourth-order valence-electron chi connectivity index (χ4n) is 3.43. The van der Waals surface area contributed by atoms with Gasteiger partial charge in [0.1, 0.15) is 0 Å². The molecule has 1 atom stereocenters. The van der Waals surface area contributed by atoms with Crippen molar-refractivity contribution in [1.29, 1.82) is 0 Å². The van der Waals surface area contributed by atoms with Crippen LogP contribution in [0.15, 0.2) is 29.4 Å². The molecule has 7 nitrogen and oxygen atoms in total. The van der Waals surface area contributed by atoms with E-state index < -0.39 is 0 Å². The number of carbonyl (C=O) groups is 2. The molecule has 28 heavy (non-hydrogen) atoms. The standard InChI is InChI=1S/C20H27N5O2S/c1-3-7-18(26)21-16-12-10-15(11-13-16)19(27)14(2)28-20-22-23-24-25(20)17-8-5-4-6-9-17/h10-14,17H,3-9H2,1-2H3,(H,21,26). The van der Waals surface area contributed by atoms with Crippen molar-refractivity contribution in [3.63, 3.8) is 0 Å². The zero-order valence-corrected chi connectivity index (χ0v) is 17.2. The second-order valence-corrected chi connectivity index (χ2v) is 8.51. The third-order valence-corrected chi connectivity index (χ3v) is 6.01. The first-order valence-corrected chi connectivity index (χ1v) is 10.8. The minimum absolute atomic E-state index is 0.0138. The molecule has 0 saturated heterocycles. The average molecular weight is 402 g/mol. The van der Waals surface area contributed by atoms with E-state index in [9.17, 15) is 9.59 Å². The van der Waals surface area contributed by atoms with E-state index in [2.05, 4.69) is 20.8 Å². The lowest BCUT2D eigenvalue weighted by Crippen LogP contribution is -2.18. The summed E-state index contributed by atoms with van der Waals surface area (Å²) in [5.41, 5.74) is 1.32. The van der Waals surface area contributed by atoms with Crippen molar-refractivity contribution in [3.05, 3.63) is 29.8 Å². The van der Waals surface area contributed by atoms with Crippen molar-refractivity contribution in [1.82, 2.24) is 20.2 Å². The molecule has 0 spiro atoms. The summed E-state index contributed by atoms with van der Waals surface area (Å²) < 4.78 is 1.89. The van der Waals surface area contributed by atoms with E-state index in [4.69, 9.17) is 0 Å². The molecule has 0 aliphatic heterocycles. The number of hydrogen-bond donors (Lipinski definition) is 1. The van der Waals surface area contributed by atoms with E-state index in [1.165, 1.54) is 31.0 Å². The molecule has 150 valence electrons. The summed E-state index contributed by atoms with van der Waals surface area (Å²) in [6.07, 6.45) is 7.14. The van der Waals surface area contributed by atoms with Gasteiger partial charge in [-0.2, -0.15) is 0 Å². The van der Waals surface area contributed by atoms with Crippen LogP contribution in [-0.4, -0.2) is 37.1 Å². The summed E-state index contributed by atoms with van der Waals surface area (Å²) in [6.45, 7) is 3.84. The lowest BCUT2D eigenvalue weighted by atomic mass is 9.96. The van der Waals surface area contributed by atoms with Gasteiger partial charge in [0.15, 0.2) is 5.78 Å². The summed E-state index contributed by atoms with van der Waals surface area (Å²) in [5.74, 6) is 0.00896. The number of anilines is 1. The van der Waals surface area contributed by atoms with Gasteiger partial charge >= 0.3 is 0 Å². The first kappa shape index (κ1) is 20.5. The highest BCUT2D eigenvalue weighted by Crippen LogP contribution is 2.32. The van der Waals surface area contributed by atoms with Gasteiger partial charge in [-0.15, -0.1) is 5.10 Å². The molecule has 0 bridgehead atoms. The van der Waals surface area contributed by atoms with Crippen LogP contribution >= 0.6 is 11.8 Å². The summed E-state index contributed by atoms with van der Waals surface area (Å²) in [4.78, 5) is 24.5. The number of aromatic nitrogens is 4. The van der Waals surface area contributed by atoms with Crippen LogP contribution in [0.5, 0.6) is 0 Å². The number of benzene rings is 1. The fraction of sp³-hybridized carbons (Fsp3) is 0.550. The molecule has 1 aliphatic carbocycles. The Kier molecular flexibility index (Phi) is 7.19. The van der Waals surface area contributed by atoms with Crippen LogP contribution in [0.2, 0.25) is 0 Å². The first-order chi connectivity index (χ1) is 13.6.